The molecule has 2 heterocycles. The van der Waals surface area contributed by atoms with Crippen LogP contribution in [0.15, 0.2) is 16.4 Å². The molecule has 2 aliphatic heterocycles. The first-order chi connectivity index (χ1) is 15.5. The molecule has 1 unspecified atom stereocenters. The lowest BCUT2D eigenvalue weighted by Gasteiger charge is -2.37. The summed E-state index contributed by atoms with van der Waals surface area (Å²) in [6.07, 6.45) is 13.4. The summed E-state index contributed by atoms with van der Waals surface area (Å²) in [5.74, 6) is 2.02. The molecule has 1 amide bonds. The van der Waals surface area contributed by atoms with Crippen molar-refractivity contribution < 1.29 is 9.59 Å². The van der Waals surface area contributed by atoms with Gasteiger partial charge in [0.15, 0.2) is 5.78 Å². The van der Waals surface area contributed by atoms with Gasteiger partial charge in [-0.2, -0.15) is 0 Å². The van der Waals surface area contributed by atoms with Crippen molar-refractivity contribution in [3.05, 3.63) is 11.4 Å². The van der Waals surface area contributed by atoms with E-state index in [4.69, 9.17) is 0 Å². The Kier molecular flexibility index (Phi) is 8.17. The minimum atomic E-state index is -0.00547. The predicted molar refractivity (Wildman–Crippen MR) is 128 cm³/mol. The largest absolute Gasteiger partial charge is 0.326 e. The van der Waals surface area contributed by atoms with Gasteiger partial charge in [-0.05, 0) is 83.8 Å². The summed E-state index contributed by atoms with van der Waals surface area (Å²) in [7, 11) is 2.10. The number of piperidine rings is 2. The molecule has 0 aromatic rings. The molecule has 6 heteroatoms. The van der Waals surface area contributed by atoms with Gasteiger partial charge in [-0.1, -0.05) is 32.1 Å². The van der Waals surface area contributed by atoms with Crippen LogP contribution in [0.3, 0.4) is 0 Å². The van der Waals surface area contributed by atoms with Crippen LogP contribution in [0, 0.1) is 23.7 Å². The SMILES string of the molecule is C=N/C(C(=O)C1CC1)=C(/NC(=O)CN1CCC(C2CCCCC2)CC1)C1CCCN(C)C1. The summed E-state index contributed by atoms with van der Waals surface area (Å²) in [4.78, 5) is 34.7. The van der Waals surface area contributed by atoms with Gasteiger partial charge in [-0.3, -0.25) is 19.5 Å². The molecule has 0 spiro atoms. The Hall–Kier alpha value is -1.53. The van der Waals surface area contributed by atoms with E-state index in [2.05, 4.69) is 33.9 Å². The van der Waals surface area contributed by atoms with Crippen LogP contribution in [0.25, 0.3) is 0 Å². The van der Waals surface area contributed by atoms with Gasteiger partial charge >= 0.3 is 0 Å². The van der Waals surface area contributed by atoms with Crippen LogP contribution in [0.2, 0.25) is 0 Å². The van der Waals surface area contributed by atoms with Gasteiger partial charge in [-0.25, -0.2) is 0 Å². The molecular formula is C26H42N4O2. The molecule has 6 nitrogen and oxygen atoms in total. The van der Waals surface area contributed by atoms with Crippen molar-refractivity contribution in [3.63, 3.8) is 0 Å². The van der Waals surface area contributed by atoms with Gasteiger partial charge in [0.2, 0.25) is 5.91 Å². The van der Waals surface area contributed by atoms with Gasteiger partial charge < -0.3 is 10.2 Å². The van der Waals surface area contributed by atoms with Crippen molar-refractivity contribution in [2.75, 3.05) is 39.8 Å². The van der Waals surface area contributed by atoms with Crippen molar-refractivity contribution in [1.29, 1.82) is 0 Å². The molecule has 2 aliphatic carbocycles. The number of Topliss-reactive ketones (excluding diaryl/α,β-unsaturated/α-hetero) is 1. The summed E-state index contributed by atoms with van der Waals surface area (Å²) in [6, 6.07) is 0. The number of carbonyl (C=O) groups excluding carboxylic acids is 2. The molecular weight excluding hydrogens is 400 g/mol. The molecule has 0 radical (unpaired) electrons. The zero-order valence-electron chi connectivity index (χ0n) is 20.0. The molecule has 4 rings (SSSR count). The Morgan fingerprint density at radius 3 is 2.19 bits per heavy atom. The summed E-state index contributed by atoms with van der Waals surface area (Å²) in [6.45, 7) is 8.02. The van der Waals surface area contributed by atoms with Crippen LogP contribution in [-0.4, -0.2) is 68.0 Å². The predicted octanol–water partition coefficient (Wildman–Crippen LogP) is 3.63. The average molecular weight is 443 g/mol. The lowest BCUT2D eigenvalue weighted by molar-refractivity contribution is -0.122. The number of allylic oxidation sites excluding steroid dienone is 1. The maximum Gasteiger partial charge on any atom is 0.238 e. The van der Waals surface area contributed by atoms with Crippen molar-refractivity contribution in [2.24, 2.45) is 28.7 Å². The maximum absolute atomic E-state index is 13.1. The van der Waals surface area contributed by atoms with Crippen LogP contribution in [0.4, 0.5) is 0 Å². The van der Waals surface area contributed by atoms with Gasteiger partial charge in [-0.15, -0.1) is 0 Å². The van der Waals surface area contributed by atoms with Crippen LogP contribution < -0.4 is 5.32 Å². The number of nitrogens with one attached hydrogen (secondary N) is 1. The smallest absolute Gasteiger partial charge is 0.238 e. The Morgan fingerprint density at radius 2 is 1.56 bits per heavy atom. The summed E-state index contributed by atoms with van der Waals surface area (Å²) in [5.41, 5.74) is 1.14. The molecule has 178 valence electrons. The highest BCUT2D eigenvalue weighted by Gasteiger charge is 2.36. The first-order valence-electron chi connectivity index (χ1n) is 13.0. The Morgan fingerprint density at radius 1 is 0.875 bits per heavy atom. The second-order valence-electron chi connectivity index (χ2n) is 10.7. The Balaban J connectivity index is 1.37. The Labute approximate surface area is 193 Å². The molecule has 2 saturated heterocycles. The molecule has 0 bridgehead atoms. The highest BCUT2D eigenvalue weighted by Crippen LogP contribution is 2.36. The van der Waals surface area contributed by atoms with Gasteiger partial charge in [0.05, 0.1) is 12.2 Å². The maximum atomic E-state index is 13.1. The first-order valence-corrected chi connectivity index (χ1v) is 13.0. The molecule has 4 aliphatic rings. The third-order valence-corrected chi connectivity index (χ3v) is 8.22. The number of hydrogen-bond acceptors (Lipinski definition) is 5. The third kappa shape index (κ3) is 6.07. The molecule has 4 fully saturated rings. The number of hydrogen-bond donors (Lipinski definition) is 1. The van der Waals surface area contributed by atoms with E-state index in [0.717, 1.165) is 69.4 Å². The number of aliphatic imine (C=N–C) groups is 1. The summed E-state index contributed by atoms with van der Waals surface area (Å²) in [5, 5.41) is 3.16. The second kappa shape index (κ2) is 11.1. The summed E-state index contributed by atoms with van der Waals surface area (Å²) < 4.78 is 0. The minimum Gasteiger partial charge on any atom is -0.326 e. The van der Waals surface area contributed by atoms with Crippen LogP contribution in [0.5, 0.6) is 0 Å². The molecule has 2 saturated carbocycles. The third-order valence-electron chi connectivity index (χ3n) is 8.22. The van der Waals surface area contributed by atoms with E-state index < -0.39 is 0 Å². The van der Waals surface area contributed by atoms with Crippen LogP contribution in [0.1, 0.15) is 70.6 Å². The molecule has 1 N–H and O–H groups in total. The average Bonchev–Trinajstić information content (AvgIpc) is 3.65. The number of carbonyl (C=O) groups is 2. The highest BCUT2D eigenvalue weighted by atomic mass is 16.2. The molecule has 32 heavy (non-hydrogen) atoms. The lowest BCUT2D eigenvalue weighted by atomic mass is 9.76. The van der Waals surface area contributed by atoms with Crippen LogP contribution in [-0.2, 0) is 9.59 Å². The van der Waals surface area contributed by atoms with E-state index in [1.165, 1.54) is 44.9 Å². The van der Waals surface area contributed by atoms with E-state index in [0.29, 0.717) is 12.2 Å². The van der Waals surface area contributed by atoms with E-state index >= 15 is 0 Å². The van der Waals surface area contributed by atoms with Crippen molar-refractivity contribution in [1.82, 2.24) is 15.1 Å². The Bertz CT molecular complexity index is 715. The standard InChI is InChI=1S/C26H42N4O2/c1-27-25(26(32)21-10-11-21)24(22-9-6-14-29(2)17-22)28-23(31)18-30-15-12-20(13-16-30)19-7-4-3-5-8-19/h19-22H,1,3-18H2,2H3,(H,28,31)/b25-24+. The fraction of sp³-hybridized carbons (Fsp3) is 0.808. The fourth-order valence-corrected chi connectivity index (χ4v) is 6.17. The van der Waals surface area contributed by atoms with Gasteiger partial charge in [0.1, 0.15) is 5.70 Å². The second-order valence-corrected chi connectivity index (χ2v) is 10.7. The zero-order valence-corrected chi connectivity index (χ0v) is 20.0. The molecule has 1 atom stereocenters. The van der Waals surface area contributed by atoms with Crippen molar-refractivity contribution in [2.45, 2.75) is 70.6 Å². The number of amides is 1. The van der Waals surface area contributed by atoms with E-state index in [9.17, 15) is 9.59 Å². The quantitative estimate of drug-likeness (QED) is 0.461. The number of likely N-dealkylation sites (tertiary alicyclic amines) is 2. The summed E-state index contributed by atoms with van der Waals surface area (Å²) >= 11 is 0. The molecule has 0 aromatic heterocycles. The van der Waals surface area contributed by atoms with Crippen molar-refractivity contribution in [3.8, 4) is 0 Å². The number of ketones is 1. The van der Waals surface area contributed by atoms with E-state index in [-0.39, 0.29) is 23.5 Å². The van der Waals surface area contributed by atoms with Gasteiger partial charge in [0, 0.05) is 18.4 Å². The monoisotopic (exact) mass is 442 g/mol. The number of rotatable bonds is 8. The highest BCUT2D eigenvalue weighted by molar-refractivity contribution is 6.00. The van der Waals surface area contributed by atoms with Crippen LogP contribution >= 0.6 is 0 Å². The number of nitrogens with zero attached hydrogens (tertiary/aromatic N) is 3. The lowest BCUT2D eigenvalue weighted by Crippen LogP contribution is -2.45. The minimum absolute atomic E-state index is 0.00547. The first kappa shape index (κ1) is 23.6. The van der Waals surface area contributed by atoms with E-state index in [1.54, 1.807) is 0 Å². The van der Waals surface area contributed by atoms with E-state index in [1.807, 2.05) is 0 Å². The fourth-order valence-electron chi connectivity index (χ4n) is 6.17. The topological polar surface area (TPSA) is 65.0 Å². The molecule has 0 aromatic carbocycles. The van der Waals surface area contributed by atoms with Crippen molar-refractivity contribution >= 4 is 18.4 Å². The zero-order chi connectivity index (χ0) is 22.5. The normalized spacial score (nSPS) is 27.6. The van der Waals surface area contributed by atoms with Gasteiger partial charge in [0.25, 0.3) is 0 Å².